The summed E-state index contributed by atoms with van der Waals surface area (Å²) in [5, 5.41) is 2.57. The van der Waals surface area contributed by atoms with Crippen LogP contribution in [0.3, 0.4) is 0 Å². The van der Waals surface area contributed by atoms with Gasteiger partial charge in [0.05, 0.1) is 22.5 Å². The van der Waals surface area contributed by atoms with E-state index < -0.39 is 0 Å². The molecular weight excluding hydrogens is 497 g/mol. The molecule has 0 spiro atoms. The van der Waals surface area contributed by atoms with Gasteiger partial charge in [0.1, 0.15) is 5.82 Å². The Morgan fingerprint density at radius 2 is 1.61 bits per heavy atom. The normalized spacial score (nSPS) is 14.6. The van der Waals surface area contributed by atoms with Crippen molar-refractivity contribution >= 4 is 33.1 Å². The maximum absolute atomic E-state index is 15.4. The van der Waals surface area contributed by atoms with Crippen LogP contribution in [0, 0.1) is 5.82 Å². The number of aryl methyl sites for hydroxylation is 1. The van der Waals surface area contributed by atoms with Gasteiger partial charge in [-0.3, -0.25) is 9.69 Å². The lowest BCUT2D eigenvalue weighted by Crippen LogP contribution is -2.47. The smallest absolute Gasteiger partial charge is 0.198 e. The van der Waals surface area contributed by atoms with Crippen LogP contribution in [0.1, 0.15) is 78.1 Å². The van der Waals surface area contributed by atoms with E-state index in [2.05, 4.69) is 21.7 Å². The molecule has 38 heavy (non-hydrogen) atoms. The number of anilines is 2. The summed E-state index contributed by atoms with van der Waals surface area (Å²) in [5.74, 6) is -0.338. The Kier molecular flexibility index (Phi) is 10.6. The lowest BCUT2D eigenvalue weighted by Gasteiger charge is -2.36. The zero-order valence-corrected chi connectivity index (χ0v) is 24.0. The van der Waals surface area contributed by atoms with E-state index in [1.54, 1.807) is 5.38 Å². The predicted octanol–water partition coefficient (Wildman–Crippen LogP) is 6.91. The molecule has 2 aromatic heterocycles. The highest BCUT2D eigenvalue weighted by Gasteiger charge is 2.22. The summed E-state index contributed by atoms with van der Waals surface area (Å²) < 4.78 is 17.4. The fourth-order valence-corrected chi connectivity index (χ4v) is 6.10. The van der Waals surface area contributed by atoms with Crippen LogP contribution in [0.5, 0.6) is 0 Å². The molecule has 0 atom stereocenters. The zero-order valence-electron chi connectivity index (χ0n) is 23.2. The summed E-state index contributed by atoms with van der Waals surface area (Å²) >= 11 is 1.30. The number of nitrogen functional groups attached to an aromatic ring is 1. The summed E-state index contributed by atoms with van der Waals surface area (Å²) in [6, 6.07) is 3.27. The number of hydrogen-bond acceptors (Lipinski definition) is 6. The molecule has 2 N–H and O–H groups in total. The molecule has 3 aromatic rings. The van der Waals surface area contributed by atoms with Crippen molar-refractivity contribution in [1.82, 2.24) is 14.5 Å². The van der Waals surface area contributed by atoms with Crippen LogP contribution in [0.15, 0.2) is 28.5 Å². The number of halogens is 1. The van der Waals surface area contributed by atoms with Crippen LogP contribution in [0.2, 0.25) is 0 Å². The first-order valence-electron chi connectivity index (χ1n) is 14.6. The number of aromatic nitrogens is 2. The third-order valence-corrected chi connectivity index (χ3v) is 8.50. The minimum absolute atomic E-state index is 0.207. The summed E-state index contributed by atoms with van der Waals surface area (Å²) in [6.07, 6.45) is 15.3. The highest BCUT2D eigenvalue weighted by Crippen LogP contribution is 2.29. The lowest BCUT2D eigenvalue weighted by molar-refractivity contribution is 0.251. The number of rotatable bonds is 14. The van der Waals surface area contributed by atoms with Crippen molar-refractivity contribution in [3.63, 3.8) is 0 Å². The number of thiazole rings is 1. The fraction of sp³-hybridized carbons (Fsp3) is 0.600. The monoisotopic (exact) mass is 541 g/mol. The maximum Gasteiger partial charge on any atom is 0.198 e. The molecule has 1 fully saturated rings. The number of pyridine rings is 1. The molecule has 0 aliphatic carbocycles. The maximum atomic E-state index is 15.4. The van der Waals surface area contributed by atoms with Gasteiger partial charge in [0.2, 0.25) is 0 Å². The number of nitrogens with zero attached hydrogens (tertiary/aromatic N) is 4. The average molecular weight is 542 g/mol. The highest BCUT2D eigenvalue weighted by molar-refractivity contribution is 7.13. The molecule has 1 aromatic carbocycles. The Balaban J connectivity index is 1.31. The summed E-state index contributed by atoms with van der Waals surface area (Å²) in [7, 11) is 0. The quantitative estimate of drug-likeness (QED) is 0.225. The Labute approximate surface area is 230 Å². The van der Waals surface area contributed by atoms with Gasteiger partial charge in [-0.1, -0.05) is 64.7 Å². The van der Waals surface area contributed by atoms with E-state index in [1.807, 2.05) is 23.8 Å². The summed E-state index contributed by atoms with van der Waals surface area (Å²) in [5.41, 5.74) is 7.93. The number of nitrogens with two attached hydrogens (primary N) is 1. The second-order valence-electron chi connectivity index (χ2n) is 10.6. The summed E-state index contributed by atoms with van der Waals surface area (Å²) in [4.78, 5) is 22.2. The van der Waals surface area contributed by atoms with Gasteiger partial charge >= 0.3 is 0 Å². The molecule has 6 nitrogen and oxygen atoms in total. The Bertz CT molecular complexity index is 1230. The van der Waals surface area contributed by atoms with Crippen molar-refractivity contribution in [1.29, 1.82) is 0 Å². The van der Waals surface area contributed by atoms with Crippen molar-refractivity contribution in [2.75, 3.05) is 43.4 Å². The minimum Gasteiger partial charge on any atom is -0.375 e. The molecule has 1 aliphatic rings. The van der Waals surface area contributed by atoms with E-state index in [0.29, 0.717) is 34.0 Å². The molecule has 4 rings (SSSR count). The third kappa shape index (κ3) is 7.14. The van der Waals surface area contributed by atoms with Gasteiger partial charge < -0.3 is 15.2 Å². The standard InChI is InChI=1S/C30H44FN5OS/c1-3-5-6-7-8-9-10-11-12-13-14-34-15-17-36(18-16-34)28-20-27-23(19-25(28)31)29(37)24(21-35(27)4-2)26-22-38-30(32)33-26/h19-22H,3-18H2,1-2H3,(H2,32,33). The molecule has 0 radical (unpaired) electrons. The van der Waals surface area contributed by atoms with Crippen molar-refractivity contribution in [2.45, 2.75) is 84.6 Å². The fourth-order valence-electron chi connectivity index (χ4n) is 5.53. The first kappa shape index (κ1) is 28.6. The zero-order chi connectivity index (χ0) is 26.9. The molecule has 0 amide bonds. The van der Waals surface area contributed by atoms with Crippen LogP contribution in [0.4, 0.5) is 15.2 Å². The van der Waals surface area contributed by atoms with Gasteiger partial charge in [-0.15, -0.1) is 11.3 Å². The Morgan fingerprint density at radius 1 is 0.947 bits per heavy atom. The van der Waals surface area contributed by atoms with E-state index in [4.69, 9.17) is 5.73 Å². The molecule has 0 unspecified atom stereocenters. The molecule has 0 saturated carbocycles. The number of fused-ring (bicyclic) bond motifs is 1. The third-order valence-electron chi connectivity index (χ3n) is 7.83. The van der Waals surface area contributed by atoms with E-state index in [1.165, 1.54) is 81.6 Å². The minimum atomic E-state index is -0.338. The van der Waals surface area contributed by atoms with Crippen LogP contribution < -0.4 is 16.1 Å². The van der Waals surface area contributed by atoms with Crippen molar-refractivity contribution in [3.05, 3.63) is 39.8 Å². The SMILES string of the molecule is CCCCCCCCCCCCN1CCN(c2cc3c(cc2F)c(=O)c(-c2csc(N)n2)cn3CC)CC1. The lowest BCUT2D eigenvalue weighted by atomic mass is 10.1. The largest absolute Gasteiger partial charge is 0.375 e. The van der Waals surface area contributed by atoms with E-state index >= 15 is 4.39 Å². The van der Waals surface area contributed by atoms with Gasteiger partial charge in [-0.05, 0) is 32.0 Å². The molecule has 1 saturated heterocycles. The number of hydrogen-bond donors (Lipinski definition) is 1. The number of piperazine rings is 1. The molecule has 0 bridgehead atoms. The van der Waals surface area contributed by atoms with Crippen molar-refractivity contribution in [2.24, 2.45) is 0 Å². The average Bonchev–Trinajstić information content (AvgIpc) is 3.36. The van der Waals surface area contributed by atoms with Gasteiger partial charge in [0.15, 0.2) is 10.6 Å². The topological polar surface area (TPSA) is 67.4 Å². The van der Waals surface area contributed by atoms with Crippen LogP contribution in [-0.4, -0.2) is 47.2 Å². The van der Waals surface area contributed by atoms with Crippen LogP contribution in [0.25, 0.3) is 22.2 Å². The van der Waals surface area contributed by atoms with Gasteiger partial charge in [-0.2, -0.15) is 0 Å². The van der Waals surface area contributed by atoms with Crippen LogP contribution >= 0.6 is 11.3 Å². The highest BCUT2D eigenvalue weighted by atomic mass is 32.1. The molecule has 8 heteroatoms. The Morgan fingerprint density at radius 3 is 2.21 bits per heavy atom. The molecule has 1 aliphatic heterocycles. The van der Waals surface area contributed by atoms with Gasteiger partial charge in [0, 0.05) is 49.7 Å². The van der Waals surface area contributed by atoms with E-state index in [-0.39, 0.29) is 11.2 Å². The van der Waals surface area contributed by atoms with E-state index in [9.17, 15) is 4.79 Å². The van der Waals surface area contributed by atoms with Gasteiger partial charge in [-0.25, -0.2) is 9.37 Å². The van der Waals surface area contributed by atoms with Crippen LogP contribution in [-0.2, 0) is 6.54 Å². The van der Waals surface area contributed by atoms with Crippen molar-refractivity contribution < 1.29 is 4.39 Å². The summed E-state index contributed by atoms with van der Waals surface area (Å²) in [6.45, 7) is 9.58. The molecule has 208 valence electrons. The van der Waals surface area contributed by atoms with E-state index in [0.717, 1.165) is 38.2 Å². The molecular formula is C30H44FN5OS. The number of unbranched alkanes of at least 4 members (excludes halogenated alkanes) is 9. The first-order valence-corrected chi connectivity index (χ1v) is 15.4. The number of benzene rings is 1. The van der Waals surface area contributed by atoms with Gasteiger partial charge in [0.25, 0.3) is 0 Å². The Hall–Kier alpha value is -2.45. The first-order chi connectivity index (χ1) is 18.5. The second kappa shape index (κ2) is 14.1. The molecule has 3 heterocycles. The van der Waals surface area contributed by atoms with Crippen molar-refractivity contribution in [3.8, 4) is 11.3 Å². The predicted molar refractivity (Wildman–Crippen MR) is 160 cm³/mol. The second-order valence-corrected chi connectivity index (χ2v) is 11.5.